The molecule has 39 heavy (non-hydrogen) atoms. The molecule has 2 saturated heterocycles. The summed E-state index contributed by atoms with van der Waals surface area (Å²) in [7, 11) is 3.81. The number of carbonyl (C=O) groups excluding carboxylic acids is 3. The van der Waals surface area contributed by atoms with Gasteiger partial charge >= 0.3 is 6.09 Å². The molecule has 2 aromatic rings. The standard InChI is InChI=1S/C30H37N5O4/c1-20-23-10-7-11-24(34(2)3)26(23)35(17-25(36)30-14-12-21(13-15-30)16-31-19-30)28(37)27(32-20)33-29(38)39-18-22-8-5-4-6-9-22/h4-11,21,27,31H,12-19H2,1-3H3,(H,33,38). The maximum absolute atomic E-state index is 14.1. The number of nitrogens with one attached hydrogen (secondary N) is 2. The van der Waals surface area contributed by atoms with Gasteiger partial charge in [0.25, 0.3) is 5.91 Å². The SMILES string of the molecule is CC1=NC(NC(=O)OCc2ccccc2)C(=O)N(CC(=O)C23CCC(CC2)CNC3)c2c1cccc2N(C)C. The highest BCUT2D eigenvalue weighted by Crippen LogP contribution is 2.43. The number of benzene rings is 2. The fourth-order valence-corrected chi connectivity index (χ4v) is 5.99. The zero-order valence-electron chi connectivity index (χ0n) is 22.9. The molecule has 4 aliphatic rings. The molecule has 1 unspecified atom stereocenters. The van der Waals surface area contributed by atoms with E-state index in [4.69, 9.17) is 4.74 Å². The van der Waals surface area contributed by atoms with Gasteiger partial charge in [-0.25, -0.2) is 4.79 Å². The van der Waals surface area contributed by atoms with Crippen LogP contribution in [0, 0.1) is 11.3 Å². The smallest absolute Gasteiger partial charge is 0.409 e. The third-order valence-corrected chi connectivity index (χ3v) is 8.30. The summed E-state index contributed by atoms with van der Waals surface area (Å²) in [6.45, 7) is 3.38. The maximum Gasteiger partial charge on any atom is 0.409 e. The molecular weight excluding hydrogens is 494 g/mol. The van der Waals surface area contributed by atoms with E-state index < -0.39 is 23.6 Å². The molecule has 2 aromatic carbocycles. The number of hydrogen-bond donors (Lipinski definition) is 2. The van der Waals surface area contributed by atoms with Crippen LogP contribution in [-0.2, 0) is 20.9 Å². The first kappa shape index (κ1) is 26.9. The Morgan fingerprint density at radius 2 is 1.87 bits per heavy atom. The number of Topliss-reactive ketones (excluding diaryl/α,β-unsaturated/α-hetero) is 1. The number of ether oxygens (including phenoxy) is 1. The predicted molar refractivity (Wildman–Crippen MR) is 151 cm³/mol. The Morgan fingerprint density at radius 3 is 2.59 bits per heavy atom. The largest absolute Gasteiger partial charge is 0.445 e. The van der Waals surface area contributed by atoms with E-state index in [1.54, 1.807) is 0 Å². The molecule has 0 aromatic heterocycles. The minimum absolute atomic E-state index is 0.0492. The second kappa shape index (κ2) is 11.2. The summed E-state index contributed by atoms with van der Waals surface area (Å²) in [5.41, 5.74) is 3.14. The van der Waals surface area contributed by atoms with Gasteiger partial charge in [0, 0.05) is 37.3 Å². The van der Waals surface area contributed by atoms with Crippen molar-refractivity contribution in [3.05, 3.63) is 59.7 Å². The average molecular weight is 532 g/mol. The second-order valence-corrected chi connectivity index (χ2v) is 11.1. The van der Waals surface area contributed by atoms with Gasteiger partial charge in [0.15, 0.2) is 5.78 Å². The molecule has 9 nitrogen and oxygen atoms in total. The van der Waals surface area contributed by atoms with Crippen LogP contribution in [0.1, 0.15) is 43.7 Å². The molecule has 0 spiro atoms. The number of aliphatic imine (C=N–C) groups is 1. The number of carbonyl (C=O) groups is 3. The molecule has 1 aliphatic carbocycles. The van der Waals surface area contributed by atoms with Crippen LogP contribution in [0.3, 0.4) is 0 Å². The Bertz CT molecular complexity index is 1260. The molecule has 2 amide bonds. The van der Waals surface area contributed by atoms with Crippen LogP contribution in [0.25, 0.3) is 0 Å². The molecular formula is C30H37N5O4. The fraction of sp³-hybridized carbons (Fsp3) is 0.467. The van der Waals surface area contributed by atoms with Gasteiger partial charge in [0.05, 0.1) is 17.9 Å². The van der Waals surface area contributed by atoms with E-state index in [2.05, 4.69) is 15.6 Å². The van der Waals surface area contributed by atoms with Crippen LogP contribution in [0.5, 0.6) is 0 Å². The van der Waals surface area contributed by atoms with Gasteiger partial charge < -0.3 is 15.0 Å². The molecule has 3 heterocycles. The fourth-order valence-electron chi connectivity index (χ4n) is 5.99. The Balaban J connectivity index is 1.44. The van der Waals surface area contributed by atoms with Crippen molar-refractivity contribution >= 4 is 34.9 Å². The first-order valence-electron chi connectivity index (χ1n) is 13.7. The van der Waals surface area contributed by atoms with Crippen molar-refractivity contribution < 1.29 is 19.1 Å². The number of ketones is 1. The van der Waals surface area contributed by atoms with Crippen molar-refractivity contribution in [2.45, 2.75) is 45.4 Å². The van der Waals surface area contributed by atoms with Crippen LogP contribution in [-0.4, -0.2) is 63.4 Å². The number of hydrogen-bond acceptors (Lipinski definition) is 7. The zero-order chi connectivity index (χ0) is 27.6. The quantitative estimate of drug-likeness (QED) is 0.567. The highest BCUT2D eigenvalue weighted by Gasteiger charge is 2.45. The number of anilines is 2. The summed E-state index contributed by atoms with van der Waals surface area (Å²) in [5, 5.41) is 6.12. The van der Waals surface area contributed by atoms with Crippen molar-refractivity contribution in [3.63, 3.8) is 0 Å². The zero-order valence-corrected chi connectivity index (χ0v) is 22.9. The first-order chi connectivity index (χ1) is 18.8. The third-order valence-electron chi connectivity index (χ3n) is 8.30. The van der Waals surface area contributed by atoms with E-state index in [-0.39, 0.29) is 18.9 Å². The number of amides is 2. The third kappa shape index (κ3) is 5.54. The normalized spacial score (nSPS) is 24.2. The molecule has 2 N–H and O–H groups in total. The summed E-state index contributed by atoms with van der Waals surface area (Å²) >= 11 is 0. The average Bonchev–Trinajstić information content (AvgIpc) is 3.32. The van der Waals surface area contributed by atoms with Crippen molar-refractivity contribution in [2.24, 2.45) is 16.3 Å². The van der Waals surface area contributed by atoms with E-state index in [0.717, 1.165) is 49.0 Å². The summed E-state index contributed by atoms with van der Waals surface area (Å²) in [6, 6.07) is 15.1. The van der Waals surface area contributed by atoms with E-state index in [1.807, 2.05) is 74.4 Å². The second-order valence-electron chi connectivity index (χ2n) is 11.1. The minimum atomic E-state index is -1.22. The maximum atomic E-state index is 14.1. The van der Waals surface area contributed by atoms with E-state index in [0.29, 0.717) is 23.9 Å². The van der Waals surface area contributed by atoms with Crippen molar-refractivity contribution in [2.75, 3.05) is 43.5 Å². The number of alkyl carbamates (subject to hydrolysis) is 1. The molecule has 206 valence electrons. The Hall–Kier alpha value is -3.72. The lowest BCUT2D eigenvalue weighted by Crippen LogP contribution is -2.52. The summed E-state index contributed by atoms with van der Waals surface area (Å²) < 4.78 is 5.38. The lowest BCUT2D eigenvalue weighted by atomic mass is 9.69. The highest BCUT2D eigenvalue weighted by molar-refractivity contribution is 6.16. The minimum Gasteiger partial charge on any atom is -0.445 e. The monoisotopic (exact) mass is 531 g/mol. The molecule has 3 fully saturated rings. The summed E-state index contributed by atoms with van der Waals surface area (Å²) in [4.78, 5) is 48.9. The van der Waals surface area contributed by atoms with Gasteiger partial charge in [-0.1, -0.05) is 42.5 Å². The van der Waals surface area contributed by atoms with Crippen LogP contribution in [0.2, 0.25) is 0 Å². The molecule has 9 heteroatoms. The molecule has 1 atom stereocenters. The summed E-state index contributed by atoms with van der Waals surface area (Å²) in [6.07, 6.45) is 1.73. The number of fused-ring (bicyclic) bond motifs is 5. The van der Waals surface area contributed by atoms with Crippen LogP contribution >= 0.6 is 0 Å². The first-order valence-corrected chi connectivity index (χ1v) is 13.7. The van der Waals surface area contributed by atoms with Crippen LogP contribution in [0.4, 0.5) is 16.2 Å². The topological polar surface area (TPSA) is 103 Å². The molecule has 6 rings (SSSR count). The lowest BCUT2D eigenvalue weighted by molar-refractivity contribution is -0.130. The number of nitrogens with zero attached hydrogens (tertiary/aromatic N) is 3. The number of para-hydroxylation sites is 1. The van der Waals surface area contributed by atoms with Crippen molar-refractivity contribution in [1.29, 1.82) is 0 Å². The van der Waals surface area contributed by atoms with Gasteiger partial charge in [0.2, 0.25) is 6.17 Å². The van der Waals surface area contributed by atoms with Crippen molar-refractivity contribution in [1.82, 2.24) is 10.6 Å². The Labute approximate surface area is 229 Å². The van der Waals surface area contributed by atoms with E-state index in [1.165, 1.54) is 4.90 Å². The molecule has 3 aliphatic heterocycles. The molecule has 0 radical (unpaired) electrons. The van der Waals surface area contributed by atoms with E-state index in [9.17, 15) is 14.4 Å². The van der Waals surface area contributed by atoms with Gasteiger partial charge in [-0.15, -0.1) is 0 Å². The molecule has 1 saturated carbocycles. The Morgan fingerprint density at radius 1 is 1.13 bits per heavy atom. The molecule has 2 bridgehead atoms. The van der Waals surface area contributed by atoms with E-state index >= 15 is 0 Å². The predicted octanol–water partition coefficient (Wildman–Crippen LogP) is 3.51. The number of benzodiazepines with no additional fused rings is 1. The summed E-state index contributed by atoms with van der Waals surface area (Å²) in [5.74, 6) is 0.202. The Kier molecular flexibility index (Phi) is 7.70. The number of rotatable bonds is 7. The van der Waals surface area contributed by atoms with Gasteiger partial charge in [-0.05, 0) is 56.7 Å². The van der Waals surface area contributed by atoms with Gasteiger partial charge in [-0.2, -0.15) is 0 Å². The van der Waals surface area contributed by atoms with Crippen molar-refractivity contribution in [3.8, 4) is 0 Å². The van der Waals surface area contributed by atoms with Crippen LogP contribution in [0.15, 0.2) is 53.5 Å². The lowest BCUT2D eigenvalue weighted by Gasteiger charge is -2.37. The highest BCUT2D eigenvalue weighted by atomic mass is 16.5. The van der Waals surface area contributed by atoms with Gasteiger partial charge in [-0.3, -0.25) is 24.8 Å². The van der Waals surface area contributed by atoms with Gasteiger partial charge in [0.1, 0.15) is 6.61 Å². The van der Waals surface area contributed by atoms with Crippen LogP contribution < -0.4 is 20.4 Å².